The lowest BCUT2D eigenvalue weighted by Crippen LogP contribution is -2.00. The average Bonchev–Trinajstić information content (AvgIpc) is 2.73. The maximum Gasteiger partial charge on any atom is 0.181 e. The van der Waals surface area contributed by atoms with Gasteiger partial charge < -0.3 is 5.32 Å². The number of aryl methyl sites for hydroxylation is 4. The molecule has 0 saturated carbocycles. The number of thiophene rings is 1. The van der Waals surface area contributed by atoms with Crippen LogP contribution in [0.3, 0.4) is 0 Å². The lowest BCUT2D eigenvalue weighted by molar-refractivity contribution is 1.14. The monoisotopic (exact) mass is 298 g/mol. The van der Waals surface area contributed by atoms with E-state index in [1.165, 1.54) is 10.4 Å². The van der Waals surface area contributed by atoms with Crippen molar-refractivity contribution in [3.05, 3.63) is 33.8 Å². The summed E-state index contributed by atoms with van der Waals surface area (Å²) in [7, 11) is 1.90. The minimum absolute atomic E-state index is 0.686. The van der Waals surface area contributed by atoms with E-state index in [1.54, 1.807) is 11.3 Å². The van der Waals surface area contributed by atoms with E-state index >= 15 is 0 Å². The zero-order valence-corrected chi connectivity index (χ0v) is 13.7. The minimum Gasteiger partial charge on any atom is -0.372 e. The molecule has 108 valence electrons. The number of nitrogens with one attached hydrogen (secondary N) is 1. The van der Waals surface area contributed by atoms with Crippen molar-refractivity contribution < 1.29 is 0 Å². The van der Waals surface area contributed by atoms with Gasteiger partial charge in [0.05, 0.1) is 5.39 Å². The molecular weight excluding hydrogens is 280 g/mol. The Balaban J connectivity index is 2.29. The number of rotatable bonds is 2. The lowest BCUT2D eigenvalue weighted by atomic mass is 10.1. The highest BCUT2D eigenvalue weighted by Crippen LogP contribution is 2.34. The minimum atomic E-state index is 0.686. The van der Waals surface area contributed by atoms with Crippen LogP contribution in [0.5, 0.6) is 0 Å². The number of anilines is 1. The van der Waals surface area contributed by atoms with Crippen LogP contribution in [0.4, 0.5) is 5.82 Å². The number of pyridine rings is 1. The first-order chi connectivity index (χ1) is 10.0. The van der Waals surface area contributed by atoms with Gasteiger partial charge in [0.15, 0.2) is 5.82 Å². The smallest absolute Gasteiger partial charge is 0.181 e. The van der Waals surface area contributed by atoms with Crippen LogP contribution in [0.2, 0.25) is 0 Å². The zero-order chi connectivity index (χ0) is 15.1. The maximum absolute atomic E-state index is 4.73. The van der Waals surface area contributed by atoms with Crippen LogP contribution in [0.25, 0.3) is 21.7 Å². The van der Waals surface area contributed by atoms with E-state index in [2.05, 4.69) is 35.2 Å². The molecule has 0 atom stereocenters. The highest BCUT2D eigenvalue weighted by molar-refractivity contribution is 7.18. The summed E-state index contributed by atoms with van der Waals surface area (Å²) < 4.78 is 0. The van der Waals surface area contributed by atoms with Crippen LogP contribution >= 0.6 is 11.3 Å². The molecule has 1 N–H and O–H groups in total. The molecule has 3 aromatic heterocycles. The van der Waals surface area contributed by atoms with E-state index in [4.69, 9.17) is 4.98 Å². The van der Waals surface area contributed by atoms with Crippen molar-refractivity contribution in [1.29, 1.82) is 0 Å². The molecule has 0 aliphatic carbocycles. The second-order valence-corrected chi connectivity index (χ2v) is 6.49. The zero-order valence-electron chi connectivity index (χ0n) is 12.9. The predicted octanol–water partition coefficient (Wildman–Crippen LogP) is 4.03. The predicted molar refractivity (Wildman–Crippen MR) is 89.1 cm³/mol. The number of hydrogen-bond acceptors (Lipinski definition) is 5. The number of fused-ring (bicyclic) bond motifs is 1. The van der Waals surface area contributed by atoms with Crippen LogP contribution in [-0.2, 0) is 0 Å². The van der Waals surface area contributed by atoms with Gasteiger partial charge in [-0.25, -0.2) is 9.97 Å². The summed E-state index contributed by atoms with van der Waals surface area (Å²) in [6.45, 7) is 8.33. The standard InChI is InChI=1S/C16H18N4S/c1-8-6-9(2)13(18-7-8)15-19-14(17-5)12-10(3)11(4)21-16(12)20-15/h6-7H,1-5H3,(H,17,19,20). The first-order valence-corrected chi connectivity index (χ1v) is 7.72. The van der Waals surface area contributed by atoms with Crippen molar-refractivity contribution in [1.82, 2.24) is 15.0 Å². The van der Waals surface area contributed by atoms with Crippen molar-refractivity contribution in [3.63, 3.8) is 0 Å². The van der Waals surface area contributed by atoms with Gasteiger partial charge in [-0.1, -0.05) is 6.07 Å². The molecule has 4 nitrogen and oxygen atoms in total. The molecule has 5 heteroatoms. The van der Waals surface area contributed by atoms with Gasteiger partial charge in [-0.2, -0.15) is 0 Å². The molecule has 0 fully saturated rings. The molecule has 0 amide bonds. The third-order valence-corrected chi connectivity index (χ3v) is 4.79. The molecule has 0 aromatic carbocycles. The fourth-order valence-corrected chi connectivity index (χ4v) is 3.51. The van der Waals surface area contributed by atoms with E-state index in [-0.39, 0.29) is 0 Å². The van der Waals surface area contributed by atoms with E-state index < -0.39 is 0 Å². The summed E-state index contributed by atoms with van der Waals surface area (Å²) in [6, 6.07) is 2.11. The van der Waals surface area contributed by atoms with Gasteiger partial charge in [0.2, 0.25) is 0 Å². The molecule has 21 heavy (non-hydrogen) atoms. The molecule has 3 aromatic rings. The van der Waals surface area contributed by atoms with Crippen LogP contribution in [0, 0.1) is 27.7 Å². The molecule has 0 unspecified atom stereocenters. The molecule has 0 radical (unpaired) electrons. The van der Waals surface area contributed by atoms with E-state index in [0.717, 1.165) is 32.9 Å². The fourth-order valence-electron chi connectivity index (χ4n) is 2.49. The second kappa shape index (κ2) is 5.07. The van der Waals surface area contributed by atoms with Crippen molar-refractivity contribution in [2.45, 2.75) is 27.7 Å². The molecule has 3 heterocycles. The summed E-state index contributed by atoms with van der Waals surface area (Å²) in [6.07, 6.45) is 1.86. The number of nitrogens with zero attached hydrogens (tertiary/aromatic N) is 3. The molecular formula is C16H18N4S. The average molecular weight is 298 g/mol. The van der Waals surface area contributed by atoms with Gasteiger partial charge in [-0.3, -0.25) is 4.98 Å². The summed E-state index contributed by atoms with van der Waals surface area (Å²) in [4.78, 5) is 16.2. The lowest BCUT2D eigenvalue weighted by Gasteiger charge is -2.08. The Hall–Kier alpha value is -2.01. The van der Waals surface area contributed by atoms with Crippen molar-refractivity contribution >= 4 is 27.4 Å². The van der Waals surface area contributed by atoms with E-state index in [0.29, 0.717) is 5.82 Å². The highest BCUT2D eigenvalue weighted by atomic mass is 32.1. The van der Waals surface area contributed by atoms with Gasteiger partial charge in [0.25, 0.3) is 0 Å². The molecule has 0 bridgehead atoms. The van der Waals surface area contributed by atoms with Crippen molar-refractivity contribution in [2.24, 2.45) is 0 Å². The molecule has 0 spiro atoms. The third kappa shape index (κ3) is 2.27. The quantitative estimate of drug-likeness (QED) is 0.776. The van der Waals surface area contributed by atoms with Crippen LogP contribution < -0.4 is 5.32 Å². The summed E-state index contributed by atoms with van der Waals surface area (Å²) in [5.41, 5.74) is 4.34. The van der Waals surface area contributed by atoms with Gasteiger partial charge in [-0.05, 0) is 44.4 Å². The van der Waals surface area contributed by atoms with Crippen molar-refractivity contribution in [2.75, 3.05) is 12.4 Å². The first-order valence-electron chi connectivity index (χ1n) is 6.90. The maximum atomic E-state index is 4.73. The molecule has 0 aliphatic heterocycles. The normalized spacial score (nSPS) is 11.1. The van der Waals surface area contributed by atoms with E-state index in [9.17, 15) is 0 Å². The Bertz CT molecular complexity index is 836. The number of hydrogen-bond donors (Lipinski definition) is 1. The molecule has 0 saturated heterocycles. The largest absolute Gasteiger partial charge is 0.372 e. The van der Waals surface area contributed by atoms with Crippen LogP contribution in [-0.4, -0.2) is 22.0 Å². The van der Waals surface area contributed by atoms with Crippen LogP contribution in [0.15, 0.2) is 12.3 Å². The van der Waals surface area contributed by atoms with Crippen molar-refractivity contribution in [3.8, 4) is 11.5 Å². The SMILES string of the molecule is CNc1nc(-c2ncc(C)cc2C)nc2sc(C)c(C)c12. The summed E-state index contributed by atoms with van der Waals surface area (Å²) in [5, 5.41) is 4.31. The van der Waals surface area contributed by atoms with E-state index in [1.807, 2.05) is 27.1 Å². The van der Waals surface area contributed by atoms with Gasteiger partial charge >= 0.3 is 0 Å². The Morgan fingerprint density at radius 3 is 2.52 bits per heavy atom. The van der Waals surface area contributed by atoms with Crippen LogP contribution in [0.1, 0.15) is 21.6 Å². The summed E-state index contributed by atoms with van der Waals surface area (Å²) in [5.74, 6) is 1.56. The Morgan fingerprint density at radius 2 is 1.86 bits per heavy atom. The molecule has 0 aliphatic rings. The van der Waals surface area contributed by atoms with Gasteiger partial charge in [-0.15, -0.1) is 11.3 Å². The Labute approximate surface area is 128 Å². The fraction of sp³-hybridized carbons (Fsp3) is 0.312. The topological polar surface area (TPSA) is 50.7 Å². The highest BCUT2D eigenvalue weighted by Gasteiger charge is 2.16. The summed E-state index contributed by atoms with van der Waals surface area (Å²) >= 11 is 1.71. The Kier molecular flexibility index (Phi) is 3.37. The molecule has 3 rings (SSSR count). The number of aromatic nitrogens is 3. The second-order valence-electron chi connectivity index (χ2n) is 5.29. The Morgan fingerprint density at radius 1 is 1.10 bits per heavy atom. The first kappa shape index (κ1) is 13.9. The van der Waals surface area contributed by atoms with Gasteiger partial charge in [0, 0.05) is 18.1 Å². The van der Waals surface area contributed by atoms with Gasteiger partial charge in [0.1, 0.15) is 16.3 Å². The third-order valence-electron chi connectivity index (χ3n) is 3.69.